The van der Waals surface area contributed by atoms with Crippen LogP contribution in [0.4, 0.5) is 5.95 Å². The third kappa shape index (κ3) is 4.16. The molecule has 0 spiro atoms. The van der Waals surface area contributed by atoms with Gasteiger partial charge in [0.1, 0.15) is 5.75 Å². The Hall–Kier alpha value is -3.74. The van der Waals surface area contributed by atoms with Crippen LogP contribution in [0.2, 0.25) is 5.02 Å². The van der Waals surface area contributed by atoms with E-state index < -0.39 is 0 Å². The number of ether oxygens (including phenoxy) is 1. The van der Waals surface area contributed by atoms with Crippen LogP contribution in [-0.2, 0) is 0 Å². The average molecular weight is 497 g/mol. The van der Waals surface area contributed by atoms with Gasteiger partial charge in [0.05, 0.1) is 35.0 Å². The molecule has 0 N–H and O–H groups in total. The summed E-state index contributed by atoms with van der Waals surface area (Å²) in [6.07, 6.45) is 0.759. The van der Waals surface area contributed by atoms with Gasteiger partial charge in [0.2, 0.25) is 5.95 Å². The van der Waals surface area contributed by atoms with Crippen molar-refractivity contribution in [1.82, 2.24) is 9.97 Å². The van der Waals surface area contributed by atoms with Crippen LogP contribution in [0.1, 0.15) is 22.9 Å². The number of anilines is 1. The average Bonchev–Trinajstić information content (AvgIpc) is 3.59. The summed E-state index contributed by atoms with van der Waals surface area (Å²) in [6, 6.07) is 28.1. The Balaban J connectivity index is 1.52. The number of fused-ring (bicyclic) bond motifs is 1. The molecule has 5 aromatic rings. The number of nitrogens with zero attached hydrogens (tertiary/aromatic N) is 4. The molecule has 1 atom stereocenters. The van der Waals surface area contributed by atoms with Crippen molar-refractivity contribution < 1.29 is 4.74 Å². The lowest BCUT2D eigenvalue weighted by molar-refractivity contribution is 0.414. The Kier molecular flexibility index (Phi) is 5.68. The molecule has 6 rings (SSSR count). The van der Waals surface area contributed by atoms with Gasteiger partial charge in [-0.25, -0.2) is 15.0 Å². The fourth-order valence-electron chi connectivity index (χ4n) is 4.38. The molecule has 0 aliphatic carbocycles. The van der Waals surface area contributed by atoms with Gasteiger partial charge in [0.25, 0.3) is 0 Å². The van der Waals surface area contributed by atoms with Gasteiger partial charge in [-0.05, 0) is 47.3 Å². The quantitative estimate of drug-likeness (QED) is 0.255. The zero-order chi connectivity index (χ0) is 23.8. The monoisotopic (exact) mass is 496 g/mol. The van der Waals surface area contributed by atoms with Crippen molar-refractivity contribution in [3.63, 3.8) is 0 Å². The summed E-state index contributed by atoms with van der Waals surface area (Å²) in [5, 5.41) is 10.6. The van der Waals surface area contributed by atoms with Crippen LogP contribution in [0.3, 0.4) is 0 Å². The number of aromatic nitrogens is 2. The van der Waals surface area contributed by atoms with Crippen LogP contribution in [0.25, 0.3) is 22.2 Å². The number of methoxy groups -OCH3 is 1. The molecule has 2 aromatic heterocycles. The highest BCUT2D eigenvalue weighted by molar-refractivity contribution is 7.12. The molecule has 0 bridgehead atoms. The normalized spacial score (nSPS) is 15.4. The maximum atomic E-state index is 6.35. The summed E-state index contributed by atoms with van der Waals surface area (Å²) in [7, 11) is 1.68. The van der Waals surface area contributed by atoms with Gasteiger partial charge < -0.3 is 4.74 Å². The molecule has 0 saturated heterocycles. The highest BCUT2D eigenvalue weighted by Gasteiger charge is 2.32. The molecule has 7 heteroatoms. The molecular formula is C28H21ClN4OS. The lowest BCUT2D eigenvalue weighted by Gasteiger charge is -2.23. The minimum absolute atomic E-state index is 0.0358. The standard InChI is InChI=1S/C28H21ClN4OS/c1-34-21-12-9-18(10-13-21)25-17-24(26-8-5-15-35-26)32-33(25)28-30-23-14-11-20(29)16-22(23)27(31-28)19-6-3-2-4-7-19/h2-16,25H,17H2,1H3. The Morgan fingerprint density at radius 3 is 2.51 bits per heavy atom. The van der Waals surface area contributed by atoms with E-state index in [4.69, 9.17) is 31.4 Å². The summed E-state index contributed by atoms with van der Waals surface area (Å²) in [6.45, 7) is 0. The molecule has 1 unspecified atom stereocenters. The lowest BCUT2D eigenvalue weighted by Crippen LogP contribution is -2.21. The Morgan fingerprint density at radius 1 is 0.943 bits per heavy atom. The highest BCUT2D eigenvalue weighted by Crippen LogP contribution is 2.38. The predicted octanol–water partition coefficient (Wildman–Crippen LogP) is 7.38. The number of rotatable bonds is 5. The van der Waals surface area contributed by atoms with Crippen molar-refractivity contribution >= 4 is 45.5 Å². The van der Waals surface area contributed by atoms with Crippen LogP contribution in [0.15, 0.2) is 95.4 Å². The second kappa shape index (κ2) is 9.13. The number of halogens is 1. The molecule has 3 aromatic carbocycles. The highest BCUT2D eigenvalue weighted by atomic mass is 35.5. The molecule has 172 valence electrons. The minimum atomic E-state index is -0.0358. The Labute approximate surface area is 212 Å². The van der Waals surface area contributed by atoms with E-state index in [2.05, 4.69) is 41.8 Å². The smallest absolute Gasteiger partial charge is 0.247 e. The third-order valence-corrected chi connectivity index (χ3v) is 7.27. The maximum Gasteiger partial charge on any atom is 0.247 e. The fourth-order valence-corrected chi connectivity index (χ4v) is 5.27. The van der Waals surface area contributed by atoms with Gasteiger partial charge in [0, 0.05) is 22.4 Å². The number of benzene rings is 3. The van der Waals surface area contributed by atoms with Crippen LogP contribution in [-0.4, -0.2) is 22.8 Å². The molecule has 0 fully saturated rings. The third-order valence-electron chi connectivity index (χ3n) is 6.11. The summed E-state index contributed by atoms with van der Waals surface area (Å²) in [5.41, 5.74) is 4.82. The summed E-state index contributed by atoms with van der Waals surface area (Å²) in [5.74, 6) is 1.38. The van der Waals surface area contributed by atoms with E-state index in [1.165, 1.54) is 0 Å². The molecule has 0 radical (unpaired) electrons. The van der Waals surface area contributed by atoms with Crippen molar-refractivity contribution in [2.75, 3.05) is 12.1 Å². The molecule has 5 nitrogen and oxygen atoms in total. The first kappa shape index (κ1) is 21.8. The predicted molar refractivity (Wildman–Crippen MR) is 144 cm³/mol. The largest absolute Gasteiger partial charge is 0.497 e. The van der Waals surface area contributed by atoms with E-state index in [0.29, 0.717) is 11.0 Å². The molecular weight excluding hydrogens is 476 g/mol. The molecule has 1 aliphatic rings. The lowest BCUT2D eigenvalue weighted by atomic mass is 10.0. The van der Waals surface area contributed by atoms with Crippen molar-refractivity contribution in [3.8, 4) is 17.0 Å². The summed E-state index contributed by atoms with van der Waals surface area (Å²) < 4.78 is 5.37. The SMILES string of the molecule is COc1ccc(C2CC(c3cccs3)=NN2c2nc(-c3ccccc3)c3cc(Cl)ccc3n2)cc1. The minimum Gasteiger partial charge on any atom is -0.497 e. The van der Waals surface area contributed by atoms with Crippen LogP contribution in [0, 0.1) is 0 Å². The zero-order valence-corrected chi connectivity index (χ0v) is 20.5. The number of thiophene rings is 1. The molecule has 3 heterocycles. The molecule has 1 aliphatic heterocycles. The van der Waals surface area contributed by atoms with Gasteiger partial charge in [-0.2, -0.15) is 5.10 Å². The first-order valence-corrected chi connectivity index (χ1v) is 12.5. The van der Waals surface area contributed by atoms with Gasteiger partial charge in [-0.1, -0.05) is 60.1 Å². The molecule has 35 heavy (non-hydrogen) atoms. The summed E-state index contributed by atoms with van der Waals surface area (Å²) in [4.78, 5) is 11.1. The Morgan fingerprint density at radius 2 is 1.77 bits per heavy atom. The van der Waals surface area contributed by atoms with E-state index in [1.54, 1.807) is 18.4 Å². The van der Waals surface area contributed by atoms with Gasteiger partial charge in [-0.3, -0.25) is 0 Å². The van der Waals surface area contributed by atoms with Crippen molar-refractivity contribution in [2.45, 2.75) is 12.5 Å². The van der Waals surface area contributed by atoms with E-state index in [1.807, 2.05) is 53.5 Å². The van der Waals surface area contributed by atoms with Crippen LogP contribution < -0.4 is 9.75 Å². The maximum absolute atomic E-state index is 6.35. The number of hydrogen-bond donors (Lipinski definition) is 0. The zero-order valence-electron chi connectivity index (χ0n) is 18.9. The second-order valence-corrected chi connectivity index (χ2v) is 9.65. The van der Waals surface area contributed by atoms with Crippen molar-refractivity contribution in [2.24, 2.45) is 5.10 Å². The topological polar surface area (TPSA) is 50.6 Å². The van der Waals surface area contributed by atoms with Crippen molar-refractivity contribution in [1.29, 1.82) is 0 Å². The Bertz CT molecular complexity index is 1520. The van der Waals surface area contributed by atoms with Gasteiger partial charge in [-0.15, -0.1) is 11.3 Å². The number of hydrazone groups is 1. The van der Waals surface area contributed by atoms with E-state index in [-0.39, 0.29) is 6.04 Å². The molecule has 0 amide bonds. The summed E-state index contributed by atoms with van der Waals surface area (Å²) >= 11 is 8.04. The second-order valence-electron chi connectivity index (χ2n) is 8.26. The van der Waals surface area contributed by atoms with E-state index in [0.717, 1.165) is 50.5 Å². The molecule has 0 saturated carbocycles. The van der Waals surface area contributed by atoms with E-state index in [9.17, 15) is 0 Å². The first-order chi connectivity index (χ1) is 17.2. The number of hydrogen-bond acceptors (Lipinski definition) is 6. The van der Waals surface area contributed by atoms with E-state index >= 15 is 0 Å². The first-order valence-electron chi connectivity index (χ1n) is 11.3. The fraction of sp³-hybridized carbons (Fsp3) is 0.107. The van der Waals surface area contributed by atoms with Crippen LogP contribution >= 0.6 is 22.9 Å². The van der Waals surface area contributed by atoms with Gasteiger partial charge >= 0.3 is 0 Å². The van der Waals surface area contributed by atoms with Crippen LogP contribution in [0.5, 0.6) is 5.75 Å². The van der Waals surface area contributed by atoms with Gasteiger partial charge in [0.15, 0.2) is 0 Å². The van der Waals surface area contributed by atoms with Crippen molar-refractivity contribution in [3.05, 3.63) is 106 Å².